The fourth-order valence-electron chi connectivity index (χ4n) is 1.37. The molecule has 0 fully saturated rings. The highest BCUT2D eigenvalue weighted by atomic mass is 16.3. The molecule has 0 aromatic carbocycles. The van der Waals surface area contributed by atoms with Crippen molar-refractivity contribution in [2.24, 2.45) is 5.41 Å². The number of aliphatic hydroxyl groups is 1. The van der Waals surface area contributed by atoms with Gasteiger partial charge in [-0.15, -0.1) is 0 Å². The van der Waals surface area contributed by atoms with Gasteiger partial charge in [-0.25, -0.2) is 0 Å². The van der Waals surface area contributed by atoms with E-state index >= 15 is 0 Å². The van der Waals surface area contributed by atoms with E-state index in [0.29, 0.717) is 12.0 Å². The van der Waals surface area contributed by atoms with Crippen LogP contribution in [-0.2, 0) is 4.79 Å². The van der Waals surface area contributed by atoms with Crippen LogP contribution in [0.15, 0.2) is 11.3 Å². The van der Waals surface area contributed by atoms with E-state index in [0.717, 1.165) is 6.42 Å². The van der Waals surface area contributed by atoms with Crippen molar-refractivity contribution in [1.29, 1.82) is 0 Å². The summed E-state index contributed by atoms with van der Waals surface area (Å²) in [5, 5.41) is 9.53. The van der Waals surface area contributed by atoms with E-state index in [2.05, 4.69) is 0 Å². The van der Waals surface area contributed by atoms with Gasteiger partial charge in [-0.3, -0.25) is 4.79 Å². The van der Waals surface area contributed by atoms with Gasteiger partial charge in [-0.05, 0) is 13.3 Å². The molecule has 2 nitrogen and oxygen atoms in total. The summed E-state index contributed by atoms with van der Waals surface area (Å²) < 4.78 is 0. The Morgan fingerprint density at radius 2 is 2.00 bits per heavy atom. The number of hydrogen-bond acceptors (Lipinski definition) is 2. The molecule has 0 aromatic heterocycles. The van der Waals surface area contributed by atoms with Crippen LogP contribution >= 0.6 is 0 Å². The molecule has 2 heteroatoms. The number of ketones is 1. The van der Waals surface area contributed by atoms with Crippen LogP contribution in [0.25, 0.3) is 0 Å². The molecule has 0 unspecified atom stereocenters. The summed E-state index contributed by atoms with van der Waals surface area (Å²) in [6, 6.07) is 0. The smallest absolute Gasteiger partial charge is 0.161 e. The number of carbonyl (C=O) groups excluding carboxylic acids is 1. The summed E-state index contributed by atoms with van der Waals surface area (Å²) in [5.74, 6) is 0.357. The zero-order chi connectivity index (χ0) is 8.65. The molecule has 11 heavy (non-hydrogen) atoms. The number of allylic oxidation sites excluding steroid dienone is 2. The standard InChI is InChI=1S/C9H14O2/c1-6-7(10)4-5-9(2,3)8(6)11/h11H,4-5H2,1-3H3. The molecule has 62 valence electrons. The van der Waals surface area contributed by atoms with Gasteiger partial charge in [-0.1, -0.05) is 13.8 Å². The van der Waals surface area contributed by atoms with Gasteiger partial charge in [0.2, 0.25) is 0 Å². The van der Waals surface area contributed by atoms with Crippen LogP contribution in [0.4, 0.5) is 0 Å². The molecule has 0 aromatic rings. The van der Waals surface area contributed by atoms with Gasteiger partial charge in [0.15, 0.2) is 5.78 Å². The monoisotopic (exact) mass is 154 g/mol. The highest BCUT2D eigenvalue weighted by molar-refractivity contribution is 5.96. The Labute approximate surface area is 66.9 Å². The zero-order valence-corrected chi connectivity index (χ0v) is 7.27. The van der Waals surface area contributed by atoms with Gasteiger partial charge in [0.25, 0.3) is 0 Å². The molecular formula is C9H14O2. The van der Waals surface area contributed by atoms with Crippen LogP contribution in [0.3, 0.4) is 0 Å². The SMILES string of the molecule is CC1=C(O)C(C)(C)CCC1=O. The van der Waals surface area contributed by atoms with Crippen LogP contribution in [0.2, 0.25) is 0 Å². The molecule has 1 aliphatic rings. The molecule has 1 N–H and O–H groups in total. The van der Waals surface area contributed by atoms with Crippen LogP contribution in [0.1, 0.15) is 33.6 Å². The van der Waals surface area contributed by atoms with Crippen molar-refractivity contribution < 1.29 is 9.90 Å². The molecule has 0 saturated carbocycles. The van der Waals surface area contributed by atoms with E-state index in [9.17, 15) is 9.90 Å². The molecule has 0 amide bonds. The largest absolute Gasteiger partial charge is 0.511 e. The molecule has 0 spiro atoms. The highest BCUT2D eigenvalue weighted by Gasteiger charge is 2.31. The van der Waals surface area contributed by atoms with Gasteiger partial charge >= 0.3 is 0 Å². The first kappa shape index (κ1) is 8.31. The lowest BCUT2D eigenvalue weighted by Gasteiger charge is -2.29. The summed E-state index contributed by atoms with van der Waals surface area (Å²) >= 11 is 0. The fourth-order valence-corrected chi connectivity index (χ4v) is 1.37. The van der Waals surface area contributed by atoms with Crippen LogP contribution in [0, 0.1) is 5.41 Å². The third kappa shape index (κ3) is 1.30. The number of aliphatic hydroxyl groups excluding tert-OH is 1. The predicted molar refractivity (Wildman–Crippen MR) is 43.4 cm³/mol. The quantitative estimate of drug-likeness (QED) is 0.580. The van der Waals surface area contributed by atoms with Crippen molar-refractivity contribution in [3.63, 3.8) is 0 Å². The first-order valence-electron chi connectivity index (χ1n) is 3.88. The third-order valence-corrected chi connectivity index (χ3v) is 2.39. The number of rotatable bonds is 0. The van der Waals surface area contributed by atoms with Gasteiger partial charge in [-0.2, -0.15) is 0 Å². The molecular weight excluding hydrogens is 140 g/mol. The maximum Gasteiger partial charge on any atom is 0.161 e. The van der Waals surface area contributed by atoms with Crippen molar-refractivity contribution in [2.45, 2.75) is 33.6 Å². The second-order valence-corrected chi connectivity index (χ2v) is 3.78. The van der Waals surface area contributed by atoms with Gasteiger partial charge < -0.3 is 5.11 Å². The Bertz CT molecular complexity index is 224. The lowest BCUT2D eigenvalue weighted by Crippen LogP contribution is -2.24. The van der Waals surface area contributed by atoms with E-state index in [1.165, 1.54) is 0 Å². The number of carbonyl (C=O) groups is 1. The van der Waals surface area contributed by atoms with Crippen molar-refractivity contribution >= 4 is 5.78 Å². The van der Waals surface area contributed by atoms with E-state index < -0.39 is 0 Å². The predicted octanol–water partition coefficient (Wildman–Crippen LogP) is 2.21. The average Bonchev–Trinajstić information content (AvgIpc) is 1.95. The molecule has 1 rings (SSSR count). The summed E-state index contributed by atoms with van der Waals surface area (Å²) in [6.07, 6.45) is 1.33. The Balaban J connectivity index is 3.07. The molecule has 0 atom stereocenters. The molecule has 0 heterocycles. The van der Waals surface area contributed by atoms with Crippen LogP contribution < -0.4 is 0 Å². The average molecular weight is 154 g/mol. The first-order valence-corrected chi connectivity index (χ1v) is 3.88. The molecule has 1 aliphatic carbocycles. The summed E-state index contributed by atoms with van der Waals surface area (Å²) in [7, 11) is 0. The zero-order valence-electron chi connectivity index (χ0n) is 7.27. The van der Waals surface area contributed by atoms with Crippen molar-refractivity contribution in [3.05, 3.63) is 11.3 Å². The number of hydrogen-bond donors (Lipinski definition) is 1. The van der Waals surface area contributed by atoms with E-state index in [1.807, 2.05) is 13.8 Å². The second kappa shape index (κ2) is 2.36. The van der Waals surface area contributed by atoms with E-state index in [4.69, 9.17) is 0 Å². The van der Waals surface area contributed by atoms with Crippen molar-refractivity contribution in [1.82, 2.24) is 0 Å². The summed E-state index contributed by atoms with van der Waals surface area (Å²) in [4.78, 5) is 11.1. The molecule has 0 radical (unpaired) electrons. The van der Waals surface area contributed by atoms with Gasteiger partial charge in [0, 0.05) is 17.4 Å². The van der Waals surface area contributed by atoms with E-state index in [-0.39, 0.29) is 17.0 Å². The Morgan fingerprint density at radius 3 is 2.45 bits per heavy atom. The molecule has 0 aliphatic heterocycles. The minimum atomic E-state index is -0.196. The Morgan fingerprint density at radius 1 is 1.45 bits per heavy atom. The van der Waals surface area contributed by atoms with Crippen molar-refractivity contribution in [2.75, 3.05) is 0 Å². The lowest BCUT2D eigenvalue weighted by molar-refractivity contribution is -0.117. The minimum absolute atomic E-state index is 0.0850. The highest BCUT2D eigenvalue weighted by Crippen LogP contribution is 2.36. The fraction of sp³-hybridized carbons (Fsp3) is 0.667. The van der Waals surface area contributed by atoms with Gasteiger partial charge in [0.1, 0.15) is 5.76 Å². The topological polar surface area (TPSA) is 37.3 Å². The molecule has 0 bridgehead atoms. The number of Topliss-reactive ketones (excluding diaryl/α,β-unsaturated/α-hetero) is 1. The molecule has 0 saturated heterocycles. The third-order valence-electron chi connectivity index (χ3n) is 2.39. The summed E-state index contributed by atoms with van der Waals surface area (Å²) in [5.41, 5.74) is 0.346. The maximum atomic E-state index is 11.1. The normalized spacial score (nSPS) is 24.1. The van der Waals surface area contributed by atoms with Crippen LogP contribution in [0.5, 0.6) is 0 Å². The Hall–Kier alpha value is -0.790. The minimum Gasteiger partial charge on any atom is -0.511 e. The Kier molecular flexibility index (Phi) is 1.78. The second-order valence-electron chi connectivity index (χ2n) is 3.78. The maximum absolute atomic E-state index is 11.1. The van der Waals surface area contributed by atoms with Gasteiger partial charge in [0.05, 0.1) is 0 Å². The summed E-state index contributed by atoms with van der Waals surface area (Å²) in [6.45, 7) is 5.61. The van der Waals surface area contributed by atoms with Crippen LogP contribution in [-0.4, -0.2) is 10.9 Å². The first-order chi connectivity index (χ1) is 4.95. The van der Waals surface area contributed by atoms with Crippen molar-refractivity contribution in [3.8, 4) is 0 Å². The van der Waals surface area contributed by atoms with E-state index in [1.54, 1.807) is 6.92 Å². The lowest BCUT2D eigenvalue weighted by atomic mass is 9.77.